The number of benzene rings is 2. The largest absolute Gasteiger partial charge is 0.465 e. The number of thioether (sulfide) groups is 1. The second-order valence-electron chi connectivity index (χ2n) is 5.79. The van der Waals surface area contributed by atoms with Gasteiger partial charge in [0.2, 0.25) is 0 Å². The van der Waals surface area contributed by atoms with Gasteiger partial charge in [-0.2, -0.15) is 0 Å². The van der Waals surface area contributed by atoms with Crippen LogP contribution in [0.1, 0.15) is 10.4 Å². The first-order valence-corrected chi connectivity index (χ1v) is 9.47. The predicted octanol–water partition coefficient (Wildman–Crippen LogP) is 4.43. The summed E-state index contributed by atoms with van der Waals surface area (Å²) >= 11 is 1.47. The van der Waals surface area contributed by atoms with Crippen molar-refractivity contribution in [3.63, 3.8) is 0 Å². The summed E-state index contributed by atoms with van der Waals surface area (Å²) in [5.74, 6) is 0.216. The maximum absolute atomic E-state index is 11.9. The molecule has 2 aromatic heterocycles. The molecule has 0 amide bonds. The molecule has 2 aromatic carbocycles. The number of para-hydroxylation sites is 1. The van der Waals surface area contributed by atoms with Gasteiger partial charge in [-0.15, -0.1) is 0 Å². The molecule has 2 heterocycles. The number of ether oxygens (including phenoxy) is 1. The molecule has 0 bridgehead atoms. The molecular weight excluding hydrogens is 360 g/mol. The zero-order chi connectivity index (χ0) is 18.8. The third-order valence-electron chi connectivity index (χ3n) is 4.15. The van der Waals surface area contributed by atoms with E-state index in [9.17, 15) is 4.79 Å². The van der Waals surface area contributed by atoms with Gasteiger partial charge >= 0.3 is 5.97 Å². The zero-order valence-corrected chi connectivity index (χ0v) is 15.6. The van der Waals surface area contributed by atoms with Gasteiger partial charge in [0.05, 0.1) is 18.2 Å². The molecule has 0 spiro atoms. The summed E-state index contributed by atoms with van der Waals surface area (Å²) in [6.45, 7) is 0. The summed E-state index contributed by atoms with van der Waals surface area (Å²) in [5, 5.41) is 5.75. The topological polar surface area (TPSA) is 77.0 Å². The van der Waals surface area contributed by atoms with Crippen LogP contribution in [0.2, 0.25) is 0 Å². The molecule has 0 aliphatic rings. The van der Waals surface area contributed by atoms with Crippen LogP contribution in [0.15, 0.2) is 59.9 Å². The molecule has 4 rings (SSSR count). The Morgan fingerprint density at radius 1 is 1.07 bits per heavy atom. The number of anilines is 2. The van der Waals surface area contributed by atoms with Gasteiger partial charge in [0.25, 0.3) is 0 Å². The zero-order valence-electron chi connectivity index (χ0n) is 14.8. The molecule has 0 saturated heterocycles. The molecule has 0 fully saturated rings. The van der Waals surface area contributed by atoms with Crippen LogP contribution >= 0.6 is 11.8 Å². The second kappa shape index (κ2) is 7.20. The van der Waals surface area contributed by atoms with Crippen LogP contribution < -0.4 is 5.32 Å². The lowest BCUT2D eigenvalue weighted by Gasteiger charge is -2.12. The lowest BCUT2D eigenvalue weighted by Crippen LogP contribution is -2.03. The van der Waals surface area contributed by atoms with Crippen LogP contribution in [0.3, 0.4) is 0 Å². The number of fused-ring (bicyclic) bond motifs is 3. The normalized spacial score (nSPS) is 10.9. The van der Waals surface area contributed by atoms with Crippen molar-refractivity contribution in [1.29, 1.82) is 0 Å². The highest BCUT2D eigenvalue weighted by Crippen LogP contribution is 2.31. The van der Waals surface area contributed by atoms with Gasteiger partial charge in [-0.3, -0.25) is 0 Å². The summed E-state index contributed by atoms with van der Waals surface area (Å²) in [6, 6.07) is 15.1. The molecule has 134 valence electrons. The van der Waals surface area contributed by atoms with Gasteiger partial charge in [-0.05, 0) is 30.5 Å². The average molecular weight is 376 g/mol. The molecule has 0 atom stereocenters. The van der Waals surface area contributed by atoms with Gasteiger partial charge in [-0.25, -0.2) is 19.7 Å². The van der Waals surface area contributed by atoms with E-state index in [1.165, 1.54) is 18.9 Å². The first-order valence-electron chi connectivity index (χ1n) is 8.24. The van der Waals surface area contributed by atoms with E-state index in [4.69, 9.17) is 9.72 Å². The van der Waals surface area contributed by atoms with E-state index in [-0.39, 0.29) is 0 Å². The Kier molecular flexibility index (Phi) is 4.60. The maximum Gasteiger partial charge on any atom is 0.337 e. The molecular formula is C20H16N4O2S. The Morgan fingerprint density at radius 2 is 1.89 bits per heavy atom. The van der Waals surface area contributed by atoms with E-state index in [0.29, 0.717) is 22.1 Å². The summed E-state index contributed by atoms with van der Waals surface area (Å²) in [7, 11) is 1.36. The number of nitrogens with zero attached hydrogens (tertiary/aromatic N) is 3. The van der Waals surface area contributed by atoms with Crippen LogP contribution in [-0.4, -0.2) is 34.3 Å². The van der Waals surface area contributed by atoms with Crippen molar-refractivity contribution < 1.29 is 9.53 Å². The molecule has 0 radical (unpaired) electrons. The van der Waals surface area contributed by atoms with E-state index in [1.54, 1.807) is 18.3 Å². The van der Waals surface area contributed by atoms with E-state index in [1.807, 2.05) is 42.7 Å². The highest BCUT2D eigenvalue weighted by atomic mass is 32.2. The molecule has 0 saturated carbocycles. The van der Waals surface area contributed by atoms with Crippen molar-refractivity contribution in [3.8, 4) is 0 Å². The number of esters is 1. The van der Waals surface area contributed by atoms with Gasteiger partial charge in [-0.1, -0.05) is 36.0 Å². The van der Waals surface area contributed by atoms with Crippen LogP contribution in [0, 0.1) is 0 Å². The van der Waals surface area contributed by atoms with E-state index < -0.39 is 5.97 Å². The fraction of sp³-hybridized carbons (Fsp3) is 0.100. The molecule has 1 N–H and O–H groups in total. The number of rotatable bonds is 4. The lowest BCUT2D eigenvalue weighted by molar-refractivity contribution is 0.0601. The summed E-state index contributed by atoms with van der Waals surface area (Å²) < 4.78 is 4.82. The Morgan fingerprint density at radius 3 is 2.63 bits per heavy atom. The van der Waals surface area contributed by atoms with Gasteiger partial charge in [0, 0.05) is 22.7 Å². The van der Waals surface area contributed by atoms with Crippen molar-refractivity contribution in [2.24, 2.45) is 0 Å². The standard InChI is InChI=1S/C20H16N4O2S/c1-26-19(25)12-8-9-14-15-11-21-20(27-2)24-17(15)18(23-16(14)10-12)22-13-6-4-3-5-7-13/h3-11H,1-2H3,(H,22,23). The minimum atomic E-state index is -0.398. The number of methoxy groups -OCH3 is 1. The lowest BCUT2D eigenvalue weighted by atomic mass is 10.1. The Balaban J connectivity index is 1.97. The minimum absolute atomic E-state index is 0.398. The third kappa shape index (κ3) is 3.29. The molecule has 0 aliphatic carbocycles. The first-order chi connectivity index (χ1) is 13.2. The Hall–Kier alpha value is -3.19. The number of carbonyl (C=O) groups is 1. The summed E-state index contributed by atoms with van der Waals surface area (Å²) in [5.41, 5.74) is 2.75. The number of hydrogen-bond acceptors (Lipinski definition) is 7. The second-order valence-corrected chi connectivity index (χ2v) is 6.57. The average Bonchev–Trinajstić information content (AvgIpc) is 2.73. The Bertz CT molecular complexity index is 1150. The molecule has 0 aliphatic heterocycles. The van der Waals surface area contributed by atoms with Crippen LogP contribution in [0.5, 0.6) is 0 Å². The highest BCUT2D eigenvalue weighted by molar-refractivity contribution is 7.98. The fourth-order valence-electron chi connectivity index (χ4n) is 2.86. The molecule has 6 nitrogen and oxygen atoms in total. The summed E-state index contributed by atoms with van der Waals surface area (Å²) in [6.07, 6.45) is 3.73. The first kappa shape index (κ1) is 17.2. The SMILES string of the molecule is COC(=O)c1ccc2c(c1)nc(Nc1ccccc1)c1nc(SC)ncc12. The van der Waals surface area contributed by atoms with Crippen LogP contribution in [-0.2, 0) is 4.74 Å². The third-order valence-corrected chi connectivity index (χ3v) is 4.71. The number of aromatic nitrogens is 3. The molecule has 7 heteroatoms. The van der Waals surface area contributed by atoms with E-state index in [0.717, 1.165) is 22.0 Å². The smallest absolute Gasteiger partial charge is 0.337 e. The number of carbonyl (C=O) groups excluding carboxylic acids is 1. The van der Waals surface area contributed by atoms with Gasteiger partial charge in [0.15, 0.2) is 11.0 Å². The quantitative estimate of drug-likeness (QED) is 0.244. The van der Waals surface area contributed by atoms with Crippen LogP contribution in [0.25, 0.3) is 21.8 Å². The van der Waals surface area contributed by atoms with E-state index >= 15 is 0 Å². The van der Waals surface area contributed by atoms with Crippen molar-refractivity contribution in [2.75, 3.05) is 18.7 Å². The van der Waals surface area contributed by atoms with Crippen molar-refractivity contribution in [2.45, 2.75) is 5.16 Å². The number of nitrogens with one attached hydrogen (secondary N) is 1. The van der Waals surface area contributed by atoms with E-state index in [2.05, 4.69) is 15.3 Å². The summed E-state index contributed by atoms with van der Waals surface area (Å²) in [4.78, 5) is 25.7. The van der Waals surface area contributed by atoms with Crippen molar-refractivity contribution in [3.05, 3.63) is 60.3 Å². The highest BCUT2D eigenvalue weighted by Gasteiger charge is 2.14. The minimum Gasteiger partial charge on any atom is -0.465 e. The molecule has 0 unspecified atom stereocenters. The predicted molar refractivity (Wildman–Crippen MR) is 108 cm³/mol. The van der Waals surface area contributed by atoms with Gasteiger partial charge < -0.3 is 10.1 Å². The number of pyridine rings is 1. The van der Waals surface area contributed by atoms with Crippen molar-refractivity contribution >= 4 is 51.0 Å². The van der Waals surface area contributed by atoms with Crippen LogP contribution in [0.4, 0.5) is 11.5 Å². The maximum atomic E-state index is 11.9. The van der Waals surface area contributed by atoms with Crippen molar-refractivity contribution in [1.82, 2.24) is 15.0 Å². The fourth-order valence-corrected chi connectivity index (χ4v) is 3.20. The molecule has 27 heavy (non-hydrogen) atoms. The van der Waals surface area contributed by atoms with Gasteiger partial charge in [0.1, 0.15) is 5.52 Å². The molecule has 4 aromatic rings. The Labute approximate surface area is 160 Å². The number of hydrogen-bond donors (Lipinski definition) is 1. The monoisotopic (exact) mass is 376 g/mol.